The summed E-state index contributed by atoms with van der Waals surface area (Å²) >= 11 is 0. The van der Waals surface area contributed by atoms with E-state index >= 15 is 0 Å². The Morgan fingerprint density at radius 2 is 2.06 bits per heavy atom. The van der Waals surface area contributed by atoms with Gasteiger partial charge in [0.25, 0.3) is 0 Å². The molecule has 1 aliphatic heterocycles. The molecule has 1 saturated heterocycles. The molecular formula is C13H17NO2. The molecule has 0 unspecified atom stereocenters. The summed E-state index contributed by atoms with van der Waals surface area (Å²) in [6.45, 7) is 0.896. The third kappa shape index (κ3) is 2.83. The van der Waals surface area contributed by atoms with E-state index in [9.17, 15) is 9.90 Å². The highest BCUT2D eigenvalue weighted by atomic mass is 16.4. The number of benzene rings is 1. The monoisotopic (exact) mass is 219 g/mol. The molecular weight excluding hydrogens is 202 g/mol. The Hall–Kier alpha value is -1.35. The van der Waals surface area contributed by atoms with Gasteiger partial charge in [-0.2, -0.15) is 0 Å². The second-order valence-corrected chi connectivity index (χ2v) is 4.53. The largest absolute Gasteiger partial charge is 0.544 e. The lowest BCUT2D eigenvalue weighted by atomic mass is 9.89. The van der Waals surface area contributed by atoms with Gasteiger partial charge in [0.15, 0.2) is 0 Å². The summed E-state index contributed by atoms with van der Waals surface area (Å²) in [5.41, 5.74) is 1.34. The van der Waals surface area contributed by atoms with E-state index in [0.29, 0.717) is 5.92 Å². The fraction of sp³-hybridized carbons (Fsp3) is 0.462. The molecule has 3 heteroatoms. The van der Waals surface area contributed by atoms with Crippen molar-refractivity contribution in [1.29, 1.82) is 0 Å². The highest BCUT2D eigenvalue weighted by molar-refractivity contribution is 5.69. The summed E-state index contributed by atoms with van der Waals surface area (Å²) < 4.78 is 0. The van der Waals surface area contributed by atoms with Crippen LogP contribution in [-0.2, 0) is 11.2 Å². The normalized spacial score (nSPS) is 25.2. The Labute approximate surface area is 95.5 Å². The lowest BCUT2D eigenvalue weighted by molar-refractivity contribution is -0.697. The van der Waals surface area contributed by atoms with E-state index in [0.717, 1.165) is 25.8 Å². The Kier molecular flexibility index (Phi) is 3.57. The Balaban J connectivity index is 1.84. The number of rotatable bonds is 3. The molecule has 16 heavy (non-hydrogen) atoms. The predicted octanol–water partition coefficient (Wildman–Crippen LogP) is -0.679. The average molecular weight is 219 g/mol. The van der Waals surface area contributed by atoms with Gasteiger partial charge in [0.2, 0.25) is 0 Å². The van der Waals surface area contributed by atoms with E-state index in [2.05, 4.69) is 12.1 Å². The lowest BCUT2D eigenvalue weighted by Crippen LogP contribution is -2.95. The molecule has 1 aromatic rings. The first-order valence-electron chi connectivity index (χ1n) is 5.84. The molecule has 1 aromatic carbocycles. The van der Waals surface area contributed by atoms with Crippen LogP contribution in [-0.4, -0.2) is 18.6 Å². The number of carbonyl (C=O) groups excluding carboxylic acids is 1. The summed E-state index contributed by atoms with van der Waals surface area (Å²) in [5, 5.41) is 12.6. The van der Waals surface area contributed by atoms with Gasteiger partial charge in [0.1, 0.15) is 6.04 Å². The quantitative estimate of drug-likeness (QED) is 0.732. The van der Waals surface area contributed by atoms with Crippen molar-refractivity contribution in [3.05, 3.63) is 35.9 Å². The Bertz CT molecular complexity index is 342. The maximum Gasteiger partial charge on any atom is 0.126 e. The third-order valence-corrected chi connectivity index (χ3v) is 3.31. The summed E-state index contributed by atoms with van der Waals surface area (Å²) in [6, 6.07) is 10.0. The molecule has 1 fully saturated rings. The van der Waals surface area contributed by atoms with Gasteiger partial charge in [-0.15, -0.1) is 0 Å². The SMILES string of the molecule is O=C([O-])[C@H]1CC[C@@H](Cc2ccccc2)C[NH2+]1. The second kappa shape index (κ2) is 5.12. The number of hydrogen-bond donors (Lipinski definition) is 1. The molecule has 1 aliphatic rings. The van der Waals surface area contributed by atoms with E-state index in [1.807, 2.05) is 23.5 Å². The van der Waals surface area contributed by atoms with E-state index in [4.69, 9.17) is 0 Å². The molecule has 86 valence electrons. The zero-order valence-electron chi connectivity index (χ0n) is 9.26. The minimum Gasteiger partial charge on any atom is -0.544 e. The highest BCUT2D eigenvalue weighted by Crippen LogP contribution is 2.15. The molecule has 2 rings (SSSR count). The van der Waals surface area contributed by atoms with Crippen molar-refractivity contribution in [1.82, 2.24) is 0 Å². The van der Waals surface area contributed by atoms with Crippen LogP contribution in [0, 0.1) is 5.92 Å². The van der Waals surface area contributed by atoms with Crippen molar-refractivity contribution < 1.29 is 15.2 Å². The molecule has 0 aliphatic carbocycles. The van der Waals surface area contributed by atoms with Crippen LogP contribution < -0.4 is 10.4 Å². The number of aliphatic carboxylic acids is 1. The molecule has 0 saturated carbocycles. The average Bonchev–Trinajstić information content (AvgIpc) is 2.31. The number of carbonyl (C=O) groups is 1. The maximum atomic E-state index is 10.7. The minimum atomic E-state index is -0.918. The fourth-order valence-electron chi connectivity index (χ4n) is 2.35. The molecule has 0 radical (unpaired) electrons. The zero-order chi connectivity index (χ0) is 11.4. The molecule has 0 aromatic heterocycles. The van der Waals surface area contributed by atoms with Gasteiger partial charge in [-0.1, -0.05) is 30.3 Å². The molecule has 0 amide bonds. The van der Waals surface area contributed by atoms with Crippen molar-refractivity contribution in [2.24, 2.45) is 5.92 Å². The number of carboxylic acid groups (broad SMARTS) is 1. The first-order valence-corrected chi connectivity index (χ1v) is 5.84. The predicted molar refractivity (Wildman–Crippen MR) is 58.5 cm³/mol. The van der Waals surface area contributed by atoms with Gasteiger partial charge in [-0.3, -0.25) is 0 Å². The van der Waals surface area contributed by atoms with Crippen molar-refractivity contribution in [3.8, 4) is 0 Å². The van der Waals surface area contributed by atoms with Crippen molar-refractivity contribution >= 4 is 5.97 Å². The highest BCUT2D eigenvalue weighted by Gasteiger charge is 2.24. The molecule has 3 nitrogen and oxygen atoms in total. The smallest absolute Gasteiger partial charge is 0.126 e. The Morgan fingerprint density at radius 3 is 2.62 bits per heavy atom. The number of carboxylic acids is 1. The number of nitrogens with two attached hydrogens (primary N) is 1. The summed E-state index contributed by atoms with van der Waals surface area (Å²) in [7, 11) is 0. The van der Waals surface area contributed by atoms with Crippen LogP contribution >= 0.6 is 0 Å². The number of hydrogen-bond acceptors (Lipinski definition) is 2. The fourth-order valence-corrected chi connectivity index (χ4v) is 2.35. The molecule has 1 heterocycles. The van der Waals surface area contributed by atoms with Crippen molar-refractivity contribution in [2.75, 3.05) is 6.54 Å². The first kappa shape index (κ1) is 11.1. The second-order valence-electron chi connectivity index (χ2n) is 4.53. The van der Waals surface area contributed by atoms with Gasteiger partial charge in [0, 0.05) is 12.3 Å². The standard InChI is InChI=1S/C13H17NO2/c15-13(16)12-7-6-11(9-14-12)8-10-4-2-1-3-5-10/h1-5,11-12,14H,6-9H2,(H,15,16)/t11-,12+/m0/s1. The topological polar surface area (TPSA) is 56.7 Å². The summed E-state index contributed by atoms with van der Waals surface area (Å²) in [5.74, 6) is -0.323. The number of quaternary nitrogens is 1. The van der Waals surface area contributed by atoms with E-state index in [1.165, 1.54) is 5.56 Å². The summed E-state index contributed by atoms with van der Waals surface area (Å²) in [4.78, 5) is 10.7. The van der Waals surface area contributed by atoms with Crippen LogP contribution in [0.2, 0.25) is 0 Å². The van der Waals surface area contributed by atoms with Gasteiger partial charge in [-0.05, 0) is 18.4 Å². The van der Waals surface area contributed by atoms with E-state index in [-0.39, 0.29) is 6.04 Å². The van der Waals surface area contributed by atoms with Gasteiger partial charge >= 0.3 is 0 Å². The Morgan fingerprint density at radius 1 is 1.31 bits per heavy atom. The van der Waals surface area contributed by atoms with E-state index in [1.54, 1.807) is 0 Å². The number of piperidine rings is 1. The van der Waals surface area contributed by atoms with E-state index < -0.39 is 5.97 Å². The molecule has 2 atom stereocenters. The van der Waals surface area contributed by atoms with Crippen LogP contribution in [0.5, 0.6) is 0 Å². The molecule has 0 spiro atoms. The van der Waals surface area contributed by atoms with Gasteiger partial charge in [0.05, 0.1) is 12.5 Å². The van der Waals surface area contributed by atoms with Crippen LogP contribution in [0.15, 0.2) is 30.3 Å². The zero-order valence-corrected chi connectivity index (χ0v) is 9.26. The van der Waals surface area contributed by atoms with Gasteiger partial charge in [-0.25, -0.2) is 0 Å². The lowest BCUT2D eigenvalue weighted by Gasteiger charge is -2.27. The molecule has 0 bridgehead atoms. The van der Waals surface area contributed by atoms with Crippen LogP contribution in [0.3, 0.4) is 0 Å². The first-order chi connectivity index (χ1) is 7.75. The summed E-state index contributed by atoms with van der Waals surface area (Å²) in [6.07, 6.45) is 2.78. The maximum absolute atomic E-state index is 10.7. The van der Waals surface area contributed by atoms with Crippen molar-refractivity contribution in [3.63, 3.8) is 0 Å². The van der Waals surface area contributed by atoms with Crippen LogP contribution in [0.1, 0.15) is 18.4 Å². The third-order valence-electron chi connectivity index (χ3n) is 3.31. The van der Waals surface area contributed by atoms with Crippen molar-refractivity contribution in [2.45, 2.75) is 25.3 Å². The van der Waals surface area contributed by atoms with Crippen LogP contribution in [0.25, 0.3) is 0 Å². The van der Waals surface area contributed by atoms with Gasteiger partial charge < -0.3 is 15.2 Å². The van der Waals surface area contributed by atoms with Crippen LogP contribution in [0.4, 0.5) is 0 Å². The minimum absolute atomic E-state index is 0.327. The molecule has 2 N–H and O–H groups in total.